The van der Waals surface area contributed by atoms with Crippen molar-refractivity contribution in [3.05, 3.63) is 11.8 Å². The summed E-state index contributed by atoms with van der Waals surface area (Å²) in [5, 5.41) is 8.54. The van der Waals surface area contributed by atoms with Gasteiger partial charge in [-0.1, -0.05) is 6.92 Å². The van der Waals surface area contributed by atoms with E-state index in [2.05, 4.69) is 4.74 Å². The SMILES string of the molecule is CCOC(=O)/C(=C/O)C(=O)CC. The predicted octanol–water partition coefficient (Wildman–Crippen LogP) is 0.971. The highest BCUT2D eigenvalue weighted by Crippen LogP contribution is 2.01. The monoisotopic (exact) mass is 172 g/mol. The van der Waals surface area contributed by atoms with E-state index < -0.39 is 11.8 Å². The lowest BCUT2D eigenvalue weighted by Crippen LogP contribution is -2.15. The van der Waals surface area contributed by atoms with E-state index in [0.29, 0.717) is 6.26 Å². The molecular weight excluding hydrogens is 160 g/mol. The molecule has 0 radical (unpaired) electrons. The molecule has 0 aliphatic carbocycles. The summed E-state index contributed by atoms with van der Waals surface area (Å²) in [7, 11) is 0. The maximum atomic E-state index is 10.9. The first kappa shape index (κ1) is 10.7. The summed E-state index contributed by atoms with van der Waals surface area (Å²) in [6.45, 7) is 3.42. The third-order valence-corrected chi connectivity index (χ3v) is 1.25. The smallest absolute Gasteiger partial charge is 0.344 e. The molecule has 12 heavy (non-hydrogen) atoms. The van der Waals surface area contributed by atoms with Crippen molar-refractivity contribution >= 4 is 11.8 Å². The zero-order chi connectivity index (χ0) is 9.56. The minimum atomic E-state index is -0.771. The number of aliphatic hydroxyl groups excluding tert-OH is 1. The molecule has 0 aromatic heterocycles. The third kappa shape index (κ3) is 2.74. The minimum absolute atomic E-state index is 0.172. The lowest BCUT2D eigenvalue weighted by Gasteiger charge is -2.01. The molecule has 0 atom stereocenters. The van der Waals surface area contributed by atoms with Crippen molar-refractivity contribution in [2.24, 2.45) is 0 Å². The van der Waals surface area contributed by atoms with Crippen LogP contribution in [0.5, 0.6) is 0 Å². The standard InChI is InChI=1S/C8H12O4/c1-3-7(10)6(5-9)8(11)12-4-2/h5,9H,3-4H2,1-2H3/b6-5+. The molecule has 0 aliphatic rings. The van der Waals surface area contributed by atoms with Crippen molar-refractivity contribution in [1.29, 1.82) is 0 Å². The fraction of sp³-hybridized carbons (Fsp3) is 0.500. The maximum Gasteiger partial charge on any atom is 0.344 e. The molecule has 0 aromatic carbocycles. The number of rotatable bonds is 4. The Kier molecular flexibility index (Phi) is 4.76. The molecule has 68 valence electrons. The predicted molar refractivity (Wildman–Crippen MR) is 42.6 cm³/mol. The summed E-state index contributed by atoms with van der Waals surface area (Å²) in [6.07, 6.45) is 0.662. The van der Waals surface area contributed by atoms with E-state index in [1.165, 1.54) is 0 Å². The molecule has 0 aliphatic heterocycles. The fourth-order valence-electron chi connectivity index (χ4n) is 0.638. The van der Waals surface area contributed by atoms with E-state index in [0.717, 1.165) is 0 Å². The summed E-state index contributed by atoms with van der Waals surface area (Å²) in [6, 6.07) is 0. The van der Waals surface area contributed by atoms with Crippen molar-refractivity contribution in [2.45, 2.75) is 20.3 Å². The summed E-state index contributed by atoms with van der Waals surface area (Å²) in [5.74, 6) is -1.19. The van der Waals surface area contributed by atoms with Crippen molar-refractivity contribution < 1.29 is 19.4 Å². The molecule has 0 fully saturated rings. The number of carbonyl (C=O) groups is 2. The molecule has 0 amide bonds. The average molecular weight is 172 g/mol. The van der Waals surface area contributed by atoms with Gasteiger partial charge in [-0.05, 0) is 6.92 Å². The van der Waals surface area contributed by atoms with Gasteiger partial charge in [0.1, 0.15) is 5.57 Å². The van der Waals surface area contributed by atoms with Gasteiger partial charge in [-0.25, -0.2) is 4.79 Å². The Labute approximate surface area is 70.8 Å². The van der Waals surface area contributed by atoms with Crippen LogP contribution in [-0.2, 0) is 14.3 Å². The summed E-state index contributed by atoms with van der Waals surface area (Å²) < 4.78 is 4.53. The number of aliphatic hydroxyl groups is 1. The van der Waals surface area contributed by atoms with Crippen LogP contribution in [0.4, 0.5) is 0 Å². The first-order valence-corrected chi connectivity index (χ1v) is 3.72. The summed E-state index contributed by atoms with van der Waals surface area (Å²) in [4.78, 5) is 21.8. The molecule has 1 N–H and O–H groups in total. The second-order valence-electron chi connectivity index (χ2n) is 2.04. The van der Waals surface area contributed by atoms with Crippen LogP contribution in [-0.4, -0.2) is 23.5 Å². The van der Waals surface area contributed by atoms with Gasteiger partial charge in [-0.3, -0.25) is 4.79 Å². The van der Waals surface area contributed by atoms with Crippen LogP contribution in [0, 0.1) is 0 Å². The number of hydrogen-bond acceptors (Lipinski definition) is 4. The molecule has 0 bridgehead atoms. The van der Waals surface area contributed by atoms with Crippen molar-refractivity contribution in [1.82, 2.24) is 0 Å². The topological polar surface area (TPSA) is 63.6 Å². The highest BCUT2D eigenvalue weighted by Gasteiger charge is 2.17. The van der Waals surface area contributed by atoms with E-state index in [4.69, 9.17) is 5.11 Å². The zero-order valence-electron chi connectivity index (χ0n) is 7.16. The Morgan fingerprint density at radius 3 is 2.33 bits per heavy atom. The third-order valence-electron chi connectivity index (χ3n) is 1.25. The summed E-state index contributed by atoms with van der Waals surface area (Å²) in [5.41, 5.74) is -0.292. The number of hydrogen-bond donors (Lipinski definition) is 1. The number of esters is 1. The summed E-state index contributed by atoms with van der Waals surface area (Å²) >= 11 is 0. The molecular formula is C8H12O4. The second-order valence-corrected chi connectivity index (χ2v) is 2.04. The molecule has 0 spiro atoms. The Morgan fingerprint density at radius 1 is 1.42 bits per heavy atom. The minimum Gasteiger partial charge on any atom is -0.515 e. The largest absolute Gasteiger partial charge is 0.515 e. The van der Waals surface area contributed by atoms with Gasteiger partial charge in [0, 0.05) is 6.42 Å². The number of ether oxygens (including phenoxy) is 1. The molecule has 4 nitrogen and oxygen atoms in total. The lowest BCUT2D eigenvalue weighted by molar-refractivity contribution is -0.140. The van der Waals surface area contributed by atoms with Crippen molar-refractivity contribution in [3.63, 3.8) is 0 Å². The van der Waals surface area contributed by atoms with Gasteiger partial charge in [-0.2, -0.15) is 0 Å². The zero-order valence-corrected chi connectivity index (χ0v) is 7.16. The van der Waals surface area contributed by atoms with E-state index in [1.807, 2.05) is 0 Å². The highest BCUT2D eigenvalue weighted by atomic mass is 16.5. The van der Waals surface area contributed by atoms with Crippen LogP contribution >= 0.6 is 0 Å². The molecule has 0 rings (SSSR count). The fourth-order valence-corrected chi connectivity index (χ4v) is 0.638. The molecule has 0 saturated heterocycles. The normalized spacial score (nSPS) is 11.0. The van der Waals surface area contributed by atoms with Gasteiger partial charge in [-0.15, -0.1) is 0 Å². The van der Waals surface area contributed by atoms with Crippen LogP contribution in [0.25, 0.3) is 0 Å². The van der Waals surface area contributed by atoms with Gasteiger partial charge in [0.25, 0.3) is 0 Å². The number of carbonyl (C=O) groups excluding carboxylic acids is 2. The number of Topliss-reactive ketones (excluding diaryl/α,β-unsaturated/α-hetero) is 1. The Bertz CT molecular complexity index is 205. The van der Waals surface area contributed by atoms with E-state index in [1.54, 1.807) is 13.8 Å². The molecule has 0 aromatic rings. The first-order chi connectivity index (χ1) is 5.67. The van der Waals surface area contributed by atoms with Crippen molar-refractivity contribution in [3.8, 4) is 0 Å². The van der Waals surface area contributed by atoms with Gasteiger partial charge in [0.2, 0.25) is 0 Å². The second kappa shape index (κ2) is 5.35. The quantitative estimate of drug-likeness (QED) is 0.225. The van der Waals surface area contributed by atoms with E-state index in [-0.39, 0.29) is 18.6 Å². The first-order valence-electron chi connectivity index (χ1n) is 3.72. The number of ketones is 1. The van der Waals surface area contributed by atoms with Crippen molar-refractivity contribution in [2.75, 3.05) is 6.61 Å². The Balaban J connectivity index is 4.37. The van der Waals surface area contributed by atoms with Crippen LogP contribution in [0.1, 0.15) is 20.3 Å². The Morgan fingerprint density at radius 2 is 2.00 bits per heavy atom. The van der Waals surface area contributed by atoms with E-state index in [9.17, 15) is 9.59 Å². The van der Waals surface area contributed by atoms with Crippen LogP contribution in [0.15, 0.2) is 11.8 Å². The average Bonchev–Trinajstić information content (AvgIpc) is 2.06. The van der Waals surface area contributed by atoms with Crippen LogP contribution in [0.2, 0.25) is 0 Å². The highest BCUT2D eigenvalue weighted by molar-refractivity contribution is 6.16. The van der Waals surface area contributed by atoms with E-state index >= 15 is 0 Å². The lowest BCUT2D eigenvalue weighted by atomic mass is 10.1. The van der Waals surface area contributed by atoms with Gasteiger partial charge < -0.3 is 9.84 Å². The Hall–Kier alpha value is -1.32. The van der Waals surface area contributed by atoms with Gasteiger partial charge >= 0.3 is 5.97 Å². The van der Waals surface area contributed by atoms with Crippen LogP contribution in [0.3, 0.4) is 0 Å². The van der Waals surface area contributed by atoms with Gasteiger partial charge in [0.15, 0.2) is 5.78 Å². The molecule has 4 heteroatoms. The van der Waals surface area contributed by atoms with Gasteiger partial charge in [0.05, 0.1) is 12.9 Å². The molecule has 0 saturated carbocycles. The molecule has 0 unspecified atom stereocenters. The van der Waals surface area contributed by atoms with Crippen LogP contribution < -0.4 is 0 Å². The maximum absolute atomic E-state index is 10.9. The molecule has 0 heterocycles.